The van der Waals surface area contributed by atoms with Crippen molar-refractivity contribution in [2.24, 2.45) is 0 Å². The molecule has 0 aromatic heterocycles. The topological polar surface area (TPSA) is 40.5 Å². The Morgan fingerprint density at radius 2 is 1.38 bits per heavy atom. The molecule has 0 aliphatic heterocycles. The molecular formula is C3H11Cl3O2. The van der Waals surface area contributed by atoms with Gasteiger partial charge in [-0.2, -0.15) is 0 Å². The maximum Gasteiger partial charge on any atom is 0.0742 e. The summed E-state index contributed by atoms with van der Waals surface area (Å²) in [5, 5.41) is 16.0. The lowest BCUT2D eigenvalue weighted by Gasteiger charge is -1.90. The van der Waals surface area contributed by atoms with E-state index in [0.717, 1.165) is 0 Å². The maximum absolute atomic E-state index is 8.11. The molecule has 0 saturated heterocycles. The molecule has 0 aromatic carbocycles. The van der Waals surface area contributed by atoms with Crippen LogP contribution in [0.1, 0.15) is 6.92 Å². The molecule has 0 fully saturated rings. The standard InChI is InChI=1S/C3H8O2.3ClH/c1-3(5)2-4;;;/h3-5H,2H2,1H3;3*1H. The van der Waals surface area contributed by atoms with E-state index in [1.54, 1.807) is 0 Å². The first-order valence-electron chi connectivity index (χ1n) is 1.56. The fourth-order valence-electron chi connectivity index (χ4n) is 0. The molecule has 2 N–H and O–H groups in total. The van der Waals surface area contributed by atoms with Crippen LogP contribution in [0.25, 0.3) is 0 Å². The molecule has 5 heteroatoms. The largest absolute Gasteiger partial charge is 0.394 e. The Morgan fingerprint density at radius 3 is 1.38 bits per heavy atom. The molecule has 0 aliphatic rings. The van der Waals surface area contributed by atoms with Crippen LogP contribution in [-0.2, 0) is 0 Å². The van der Waals surface area contributed by atoms with Crippen LogP contribution in [0.4, 0.5) is 0 Å². The molecule has 8 heavy (non-hydrogen) atoms. The van der Waals surface area contributed by atoms with Crippen LogP contribution in [0.2, 0.25) is 0 Å². The third kappa shape index (κ3) is 29.2. The summed E-state index contributed by atoms with van der Waals surface area (Å²) in [6.45, 7) is 1.39. The summed E-state index contributed by atoms with van der Waals surface area (Å²) in [7, 11) is 0. The first kappa shape index (κ1) is 23.2. The Bertz CT molecular complexity index is 26.5. The van der Waals surface area contributed by atoms with Crippen LogP contribution in [0, 0.1) is 0 Å². The van der Waals surface area contributed by atoms with Crippen LogP contribution < -0.4 is 0 Å². The van der Waals surface area contributed by atoms with Crippen LogP contribution in [0.15, 0.2) is 0 Å². The molecule has 1 unspecified atom stereocenters. The van der Waals surface area contributed by atoms with E-state index in [2.05, 4.69) is 0 Å². The molecular weight excluding hydrogens is 174 g/mol. The minimum absolute atomic E-state index is 0. The van der Waals surface area contributed by atoms with E-state index in [4.69, 9.17) is 10.2 Å². The number of halogens is 3. The molecule has 0 aliphatic carbocycles. The molecule has 0 radical (unpaired) electrons. The minimum atomic E-state index is -0.560. The fourth-order valence-corrected chi connectivity index (χ4v) is 0. The molecule has 0 spiro atoms. The van der Waals surface area contributed by atoms with Gasteiger partial charge in [0.15, 0.2) is 0 Å². The quantitative estimate of drug-likeness (QED) is 0.629. The average molecular weight is 185 g/mol. The Morgan fingerprint density at radius 1 is 1.25 bits per heavy atom. The summed E-state index contributed by atoms with van der Waals surface area (Å²) < 4.78 is 0. The fraction of sp³-hybridized carbons (Fsp3) is 1.00. The van der Waals surface area contributed by atoms with Crippen LogP contribution in [0.5, 0.6) is 0 Å². The smallest absolute Gasteiger partial charge is 0.0742 e. The van der Waals surface area contributed by atoms with Gasteiger partial charge in [-0.05, 0) is 6.92 Å². The van der Waals surface area contributed by atoms with E-state index in [1.165, 1.54) is 6.92 Å². The lowest BCUT2D eigenvalue weighted by Crippen LogP contribution is -2.03. The highest BCUT2D eigenvalue weighted by molar-refractivity contribution is 5.86. The van der Waals surface area contributed by atoms with Gasteiger partial charge in [0.1, 0.15) is 0 Å². The monoisotopic (exact) mass is 184 g/mol. The molecule has 56 valence electrons. The summed E-state index contributed by atoms with van der Waals surface area (Å²) in [5.74, 6) is 0. The highest BCUT2D eigenvalue weighted by Gasteiger charge is 1.83. The van der Waals surface area contributed by atoms with Crippen molar-refractivity contribution in [3.63, 3.8) is 0 Å². The molecule has 0 saturated carbocycles. The lowest BCUT2D eigenvalue weighted by atomic mass is 10.5. The van der Waals surface area contributed by atoms with Crippen LogP contribution in [0.3, 0.4) is 0 Å². The Kier molecular flexibility index (Phi) is 45.5. The first-order valence-corrected chi connectivity index (χ1v) is 1.56. The molecule has 1 atom stereocenters. The summed E-state index contributed by atoms with van der Waals surface area (Å²) in [4.78, 5) is 0. The summed E-state index contributed by atoms with van der Waals surface area (Å²) in [6, 6.07) is 0. The predicted molar refractivity (Wildman–Crippen MR) is 40.5 cm³/mol. The second-order valence-electron chi connectivity index (χ2n) is 1.03. The van der Waals surface area contributed by atoms with Gasteiger partial charge < -0.3 is 10.2 Å². The molecule has 0 rings (SSSR count). The molecule has 0 amide bonds. The Labute approximate surface area is 67.5 Å². The van der Waals surface area contributed by atoms with Crippen molar-refractivity contribution in [1.82, 2.24) is 0 Å². The Balaban J connectivity index is -0.0000000267. The van der Waals surface area contributed by atoms with Crippen LogP contribution in [-0.4, -0.2) is 22.9 Å². The SMILES string of the molecule is CC(O)CO.Cl.Cl.Cl. The number of rotatable bonds is 1. The average Bonchev–Trinajstić information content (AvgIpc) is 1.38. The first-order chi connectivity index (χ1) is 2.27. The van der Waals surface area contributed by atoms with Gasteiger partial charge in [-0.1, -0.05) is 0 Å². The van der Waals surface area contributed by atoms with Gasteiger partial charge >= 0.3 is 0 Å². The number of aliphatic hydroxyl groups is 2. The van der Waals surface area contributed by atoms with Crippen molar-refractivity contribution < 1.29 is 10.2 Å². The molecule has 0 aromatic rings. The Hall–Kier alpha value is 0.790. The van der Waals surface area contributed by atoms with Crippen molar-refractivity contribution in [1.29, 1.82) is 0 Å². The van der Waals surface area contributed by atoms with Crippen molar-refractivity contribution in [2.75, 3.05) is 6.61 Å². The highest BCUT2D eigenvalue weighted by atomic mass is 35.5. The van der Waals surface area contributed by atoms with E-state index >= 15 is 0 Å². The van der Waals surface area contributed by atoms with Gasteiger partial charge in [0.05, 0.1) is 12.7 Å². The van der Waals surface area contributed by atoms with Gasteiger partial charge in [0.25, 0.3) is 0 Å². The molecule has 2 nitrogen and oxygen atoms in total. The second-order valence-corrected chi connectivity index (χ2v) is 1.03. The summed E-state index contributed by atoms with van der Waals surface area (Å²) in [6.07, 6.45) is -0.560. The molecule has 0 heterocycles. The zero-order valence-corrected chi connectivity index (χ0v) is 6.85. The number of hydrogen-bond acceptors (Lipinski definition) is 2. The minimum Gasteiger partial charge on any atom is -0.394 e. The summed E-state index contributed by atoms with van der Waals surface area (Å²) in [5.41, 5.74) is 0. The van der Waals surface area contributed by atoms with Crippen molar-refractivity contribution in [3.8, 4) is 0 Å². The van der Waals surface area contributed by atoms with Gasteiger partial charge in [0, 0.05) is 0 Å². The second kappa shape index (κ2) is 15.7. The summed E-state index contributed by atoms with van der Waals surface area (Å²) >= 11 is 0. The van der Waals surface area contributed by atoms with Gasteiger partial charge in [-0.3, -0.25) is 0 Å². The predicted octanol–water partition coefficient (Wildman–Crippen LogP) is 0.625. The van der Waals surface area contributed by atoms with Crippen molar-refractivity contribution >= 4 is 37.2 Å². The van der Waals surface area contributed by atoms with Crippen LogP contribution >= 0.6 is 37.2 Å². The third-order valence-electron chi connectivity index (χ3n) is 0.264. The normalized spacial score (nSPS) is 9.38. The lowest BCUT2D eigenvalue weighted by molar-refractivity contribution is 0.110. The molecule has 0 bridgehead atoms. The van der Waals surface area contributed by atoms with Gasteiger partial charge in [0.2, 0.25) is 0 Å². The zero-order chi connectivity index (χ0) is 4.28. The van der Waals surface area contributed by atoms with E-state index in [0.29, 0.717) is 0 Å². The third-order valence-corrected chi connectivity index (χ3v) is 0.264. The highest BCUT2D eigenvalue weighted by Crippen LogP contribution is 1.68. The van der Waals surface area contributed by atoms with Crippen molar-refractivity contribution in [2.45, 2.75) is 13.0 Å². The zero-order valence-electron chi connectivity index (χ0n) is 4.40. The van der Waals surface area contributed by atoms with E-state index < -0.39 is 6.10 Å². The van der Waals surface area contributed by atoms with E-state index in [-0.39, 0.29) is 43.8 Å². The van der Waals surface area contributed by atoms with Gasteiger partial charge in [-0.15, -0.1) is 37.2 Å². The van der Waals surface area contributed by atoms with E-state index in [1.807, 2.05) is 0 Å². The van der Waals surface area contributed by atoms with E-state index in [9.17, 15) is 0 Å². The van der Waals surface area contributed by atoms with Gasteiger partial charge in [-0.25, -0.2) is 0 Å². The maximum atomic E-state index is 8.11. The number of hydrogen-bond donors (Lipinski definition) is 2. The number of aliphatic hydroxyl groups excluding tert-OH is 2. The van der Waals surface area contributed by atoms with Crippen molar-refractivity contribution in [3.05, 3.63) is 0 Å².